The molecule has 0 N–H and O–H groups in total. The fourth-order valence-electron chi connectivity index (χ4n) is 2.82. The molecule has 0 saturated carbocycles. The summed E-state index contributed by atoms with van der Waals surface area (Å²) in [6.07, 6.45) is 2.50. The number of fused-ring (bicyclic) bond motifs is 1. The molecule has 1 aliphatic carbocycles. The van der Waals surface area contributed by atoms with Crippen molar-refractivity contribution in [2.45, 2.75) is 31.6 Å². The van der Waals surface area contributed by atoms with Gasteiger partial charge in [0, 0.05) is 6.54 Å². The van der Waals surface area contributed by atoms with E-state index in [1.807, 2.05) is 7.05 Å². The van der Waals surface area contributed by atoms with E-state index in [0.717, 1.165) is 18.5 Å². The smallest absolute Gasteiger partial charge is 0.224 e. The van der Waals surface area contributed by atoms with E-state index in [9.17, 15) is 4.79 Å². The van der Waals surface area contributed by atoms with Crippen molar-refractivity contribution in [1.82, 2.24) is 4.90 Å². The van der Waals surface area contributed by atoms with Crippen molar-refractivity contribution in [2.75, 3.05) is 27.8 Å². The van der Waals surface area contributed by atoms with Crippen LogP contribution in [0.25, 0.3) is 0 Å². The van der Waals surface area contributed by atoms with Crippen LogP contribution >= 0.6 is 0 Å². The van der Waals surface area contributed by atoms with Gasteiger partial charge in [0.25, 0.3) is 0 Å². The van der Waals surface area contributed by atoms with Crippen molar-refractivity contribution >= 4 is 13.9 Å². The van der Waals surface area contributed by atoms with Crippen molar-refractivity contribution < 1.29 is 14.3 Å². The number of allylic oxidation sites excluding steroid dienone is 1. The van der Waals surface area contributed by atoms with Gasteiger partial charge in [-0.3, -0.25) is 9.69 Å². The Morgan fingerprint density at radius 3 is 2.48 bits per heavy atom. The quantitative estimate of drug-likeness (QED) is 0.577. The van der Waals surface area contributed by atoms with Crippen molar-refractivity contribution in [2.24, 2.45) is 0 Å². The number of hydrogen-bond donors (Lipinski definition) is 0. The number of methoxy groups -OCH3 is 2. The van der Waals surface area contributed by atoms with Gasteiger partial charge >= 0.3 is 0 Å². The summed E-state index contributed by atoms with van der Waals surface area (Å²) in [5.41, 5.74) is 3.80. The van der Waals surface area contributed by atoms with Gasteiger partial charge in [0.15, 0.2) is 11.3 Å². The molecule has 0 spiro atoms. The Labute approximate surface area is 127 Å². The van der Waals surface area contributed by atoms with E-state index >= 15 is 0 Å². The molecule has 1 fully saturated rings. The van der Waals surface area contributed by atoms with Gasteiger partial charge in [-0.15, -0.1) is 5.54 Å². The summed E-state index contributed by atoms with van der Waals surface area (Å²) in [6, 6.07) is 0. The standard InChI is InChI=1S/C16H23NO3Si/c1-17-9-7-12-11-13(18)14(19-2)15(20-3)16(12,17)8-10-21(4,5)6/h11H,7,9H2,1-6H3. The third-order valence-electron chi connectivity index (χ3n) is 3.84. The van der Waals surface area contributed by atoms with Gasteiger partial charge in [0.05, 0.1) is 14.2 Å². The number of likely N-dealkylation sites (tertiary alicyclic amines) is 1. The lowest BCUT2D eigenvalue weighted by atomic mass is 9.83. The highest BCUT2D eigenvalue weighted by Gasteiger charge is 2.51. The summed E-state index contributed by atoms with van der Waals surface area (Å²) >= 11 is 0. The number of nitrogens with zero attached hydrogens (tertiary/aromatic N) is 1. The van der Waals surface area contributed by atoms with E-state index in [0.29, 0.717) is 5.76 Å². The molecule has 0 amide bonds. The molecule has 1 unspecified atom stereocenters. The highest BCUT2D eigenvalue weighted by atomic mass is 28.3. The number of carbonyl (C=O) groups is 1. The van der Waals surface area contributed by atoms with Crippen LogP contribution in [0.1, 0.15) is 6.42 Å². The minimum atomic E-state index is -1.55. The lowest BCUT2D eigenvalue weighted by Crippen LogP contribution is -2.47. The van der Waals surface area contributed by atoms with Crippen LogP contribution in [0.5, 0.6) is 0 Å². The normalized spacial score (nSPS) is 26.0. The Morgan fingerprint density at radius 1 is 1.29 bits per heavy atom. The molecular weight excluding hydrogens is 282 g/mol. The van der Waals surface area contributed by atoms with Crippen molar-refractivity contribution in [1.29, 1.82) is 0 Å². The molecule has 2 aliphatic rings. The minimum absolute atomic E-state index is 0.134. The summed E-state index contributed by atoms with van der Waals surface area (Å²) in [7, 11) is 3.55. The molecule has 5 heteroatoms. The third-order valence-corrected chi connectivity index (χ3v) is 4.72. The van der Waals surface area contributed by atoms with Crippen LogP contribution in [0.15, 0.2) is 23.2 Å². The number of ketones is 1. The van der Waals surface area contributed by atoms with E-state index < -0.39 is 13.6 Å². The van der Waals surface area contributed by atoms with E-state index in [-0.39, 0.29) is 11.5 Å². The molecule has 0 aromatic rings. The predicted octanol–water partition coefficient (Wildman–Crippen LogP) is 1.95. The number of carbonyl (C=O) groups excluding carboxylic acids is 1. The zero-order valence-electron chi connectivity index (χ0n) is 13.7. The molecule has 1 saturated heterocycles. The van der Waals surface area contributed by atoms with Gasteiger partial charge in [0.2, 0.25) is 11.5 Å². The van der Waals surface area contributed by atoms with E-state index in [4.69, 9.17) is 9.47 Å². The van der Waals surface area contributed by atoms with Gasteiger partial charge in [0.1, 0.15) is 8.07 Å². The largest absolute Gasteiger partial charge is 0.494 e. The average molecular weight is 305 g/mol. The van der Waals surface area contributed by atoms with Crippen LogP contribution < -0.4 is 0 Å². The zero-order chi connectivity index (χ0) is 15.8. The van der Waals surface area contributed by atoms with Crippen LogP contribution in [0.2, 0.25) is 19.6 Å². The van der Waals surface area contributed by atoms with Gasteiger partial charge in [-0.05, 0) is 25.1 Å². The van der Waals surface area contributed by atoms with Crippen LogP contribution in [0.3, 0.4) is 0 Å². The predicted molar refractivity (Wildman–Crippen MR) is 85.2 cm³/mol. The van der Waals surface area contributed by atoms with Gasteiger partial charge in [-0.2, -0.15) is 0 Å². The molecular formula is C16H23NO3Si. The second-order valence-corrected chi connectivity index (χ2v) is 11.2. The van der Waals surface area contributed by atoms with Crippen molar-refractivity contribution in [3.8, 4) is 11.5 Å². The third kappa shape index (κ3) is 2.54. The minimum Gasteiger partial charge on any atom is -0.494 e. The summed E-state index contributed by atoms with van der Waals surface area (Å²) < 4.78 is 10.9. The second kappa shape index (κ2) is 5.36. The van der Waals surface area contributed by atoms with Crippen LogP contribution in [0, 0.1) is 11.5 Å². The lowest BCUT2D eigenvalue weighted by molar-refractivity contribution is -0.115. The van der Waals surface area contributed by atoms with Crippen LogP contribution in [0.4, 0.5) is 0 Å². The molecule has 1 aliphatic heterocycles. The maximum atomic E-state index is 12.2. The number of hydrogen-bond acceptors (Lipinski definition) is 4. The molecule has 2 rings (SSSR count). The maximum absolute atomic E-state index is 12.2. The van der Waals surface area contributed by atoms with Crippen LogP contribution in [-0.2, 0) is 14.3 Å². The number of ether oxygens (including phenoxy) is 2. The van der Waals surface area contributed by atoms with E-state index in [2.05, 4.69) is 36.0 Å². The molecule has 21 heavy (non-hydrogen) atoms. The summed E-state index contributed by atoms with van der Waals surface area (Å²) in [4.78, 5) is 14.3. The average Bonchev–Trinajstić information content (AvgIpc) is 2.71. The SMILES string of the molecule is COC1=C(OC)C2(C#C[Si](C)(C)C)C(=CC1=O)CCN2C. The molecule has 1 atom stereocenters. The van der Waals surface area contributed by atoms with Crippen molar-refractivity contribution in [3.05, 3.63) is 23.2 Å². The topological polar surface area (TPSA) is 38.8 Å². The molecule has 0 bridgehead atoms. The monoisotopic (exact) mass is 305 g/mol. The Morgan fingerprint density at radius 2 is 1.95 bits per heavy atom. The Kier molecular flexibility index (Phi) is 4.05. The molecule has 0 radical (unpaired) electrons. The highest BCUT2D eigenvalue weighted by Crippen LogP contribution is 2.43. The Balaban J connectivity index is 2.69. The fourth-order valence-corrected chi connectivity index (χ4v) is 3.38. The van der Waals surface area contributed by atoms with Crippen molar-refractivity contribution in [3.63, 3.8) is 0 Å². The summed E-state index contributed by atoms with van der Waals surface area (Å²) in [5, 5.41) is 0. The van der Waals surface area contributed by atoms with Gasteiger partial charge in [-0.25, -0.2) is 0 Å². The Bertz CT molecular complexity index is 589. The first-order chi connectivity index (χ1) is 9.76. The molecule has 0 aromatic heterocycles. The fraction of sp³-hybridized carbons (Fsp3) is 0.562. The van der Waals surface area contributed by atoms with E-state index in [1.165, 1.54) is 7.11 Å². The summed E-state index contributed by atoms with van der Waals surface area (Å²) in [5.74, 6) is 4.08. The highest BCUT2D eigenvalue weighted by molar-refractivity contribution is 6.83. The van der Waals surface area contributed by atoms with Gasteiger partial charge < -0.3 is 9.47 Å². The second-order valence-electron chi connectivity index (χ2n) is 6.48. The Hall–Kier alpha value is -1.51. The molecule has 114 valence electrons. The molecule has 4 nitrogen and oxygen atoms in total. The maximum Gasteiger partial charge on any atom is 0.224 e. The number of rotatable bonds is 2. The lowest BCUT2D eigenvalue weighted by Gasteiger charge is -2.36. The zero-order valence-corrected chi connectivity index (χ0v) is 14.7. The van der Waals surface area contributed by atoms with E-state index in [1.54, 1.807) is 13.2 Å². The first kappa shape index (κ1) is 15.9. The summed E-state index contributed by atoms with van der Waals surface area (Å²) in [6.45, 7) is 7.46. The number of likely N-dealkylation sites (N-methyl/N-ethyl adjacent to an activating group) is 1. The van der Waals surface area contributed by atoms with Crippen LogP contribution in [-0.4, -0.2) is 52.1 Å². The first-order valence-electron chi connectivity index (χ1n) is 7.10. The molecule has 1 heterocycles. The first-order valence-corrected chi connectivity index (χ1v) is 10.6. The molecule has 0 aromatic carbocycles. The van der Waals surface area contributed by atoms with Gasteiger partial charge in [-0.1, -0.05) is 25.6 Å².